The summed E-state index contributed by atoms with van der Waals surface area (Å²) in [5.41, 5.74) is 4.63. The summed E-state index contributed by atoms with van der Waals surface area (Å²) in [7, 11) is 5.18. The second-order valence-electron chi connectivity index (χ2n) is 8.39. The van der Waals surface area contributed by atoms with Gasteiger partial charge in [-0.25, -0.2) is 24.0 Å². The Labute approximate surface area is 207 Å². The maximum absolute atomic E-state index is 13.5. The second kappa shape index (κ2) is 9.38. The molecule has 36 heavy (non-hydrogen) atoms. The van der Waals surface area contributed by atoms with Gasteiger partial charge in [-0.15, -0.1) is 0 Å². The quantitative estimate of drug-likeness (QED) is 0.341. The summed E-state index contributed by atoms with van der Waals surface area (Å²) in [5, 5.41) is 7.77. The van der Waals surface area contributed by atoms with E-state index in [0.29, 0.717) is 28.7 Å². The lowest BCUT2D eigenvalue weighted by Crippen LogP contribution is -2.05. The van der Waals surface area contributed by atoms with E-state index >= 15 is 0 Å². The van der Waals surface area contributed by atoms with Crippen LogP contribution in [-0.2, 0) is 11.8 Å². The van der Waals surface area contributed by atoms with Crippen LogP contribution in [0.2, 0.25) is 0 Å². The van der Waals surface area contributed by atoms with Crippen LogP contribution >= 0.6 is 0 Å². The fourth-order valence-corrected chi connectivity index (χ4v) is 4.02. The lowest BCUT2D eigenvalue weighted by molar-refractivity contribution is 0.116. The van der Waals surface area contributed by atoms with Gasteiger partial charge >= 0.3 is 0 Å². The highest BCUT2D eigenvalue weighted by Gasteiger charge is 2.19. The zero-order valence-corrected chi connectivity index (χ0v) is 20.7. The van der Waals surface area contributed by atoms with Crippen LogP contribution in [0.4, 0.5) is 15.9 Å². The number of pyridine rings is 1. The Bertz CT molecular complexity index is 1540. The number of hydrogen-bond acceptors (Lipinski definition) is 7. The Morgan fingerprint density at radius 3 is 2.47 bits per heavy atom. The molecule has 0 spiro atoms. The number of nitrogens with one attached hydrogen (secondary N) is 1. The predicted molar refractivity (Wildman–Crippen MR) is 135 cm³/mol. The summed E-state index contributed by atoms with van der Waals surface area (Å²) < 4.78 is 28.3. The Morgan fingerprint density at radius 1 is 1.03 bits per heavy atom. The van der Waals surface area contributed by atoms with Crippen molar-refractivity contribution >= 4 is 22.5 Å². The van der Waals surface area contributed by atoms with Gasteiger partial charge in [0.25, 0.3) is 0 Å². The third kappa shape index (κ3) is 4.27. The zero-order valence-electron chi connectivity index (χ0n) is 20.7. The van der Waals surface area contributed by atoms with Gasteiger partial charge in [0.1, 0.15) is 40.7 Å². The summed E-state index contributed by atoms with van der Waals surface area (Å²) in [6.45, 7) is 3.77. The number of aryl methyl sites for hydroxylation is 2. The van der Waals surface area contributed by atoms with E-state index in [0.717, 1.165) is 28.1 Å². The van der Waals surface area contributed by atoms with E-state index < -0.39 is 0 Å². The lowest BCUT2D eigenvalue weighted by atomic mass is 10.2. The molecule has 184 valence electrons. The van der Waals surface area contributed by atoms with E-state index in [-0.39, 0.29) is 11.9 Å². The van der Waals surface area contributed by atoms with Crippen LogP contribution in [0.25, 0.3) is 28.1 Å². The molecule has 0 aliphatic rings. The van der Waals surface area contributed by atoms with E-state index in [1.54, 1.807) is 37.4 Å². The molecular weight excluding hydrogens is 461 g/mol. The molecule has 5 aromatic rings. The molecule has 0 bridgehead atoms. The van der Waals surface area contributed by atoms with Crippen LogP contribution in [0.3, 0.4) is 0 Å². The number of nitrogens with zero attached hydrogens (tertiary/aromatic N) is 6. The Morgan fingerprint density at radius 2 is 1.81 bits per heavy atom. The molecule has 0 saturated carbocycles. The van der Waals surface area contributed by atoms with Crippen LogP contribution in [0.1, 0.15) is 24.5 Å². The van der Waals surface area contributed by atoms with Crippen LogP contribution in [-0.4, -0.2) is 43.5 Å². The molecule has 0 aliphatic heterocycles. The number of anilines is 2. The summed E-state index contributed by atoms with van der Waals surface area (Å²) in [6, 6.07) is 13.9. The van der Waals surface area contributed by atoms with Crippen molar-refractivity contribution in [1.82, 2.24) is 29.3 Å². The van der Waals surface area contributed by atoms with E-state index in [4.69, 9.17) is 19.4 Å². The third-order valence-corrected chi connectivity index (χ3v) is 6.06. The molecule has 3 heterocycles. The van der Waals surface area contributed by atoms with Crippen molar-refractivity contribution in [3.8, 4) is 22.8 Å². The van der Waals surface area contributed by atoms with Gasteiger partial charge in [-0.1, -0.05) is 0 Å². The Hall–Kier alpha value is -4.31. The van der Waals surface area contributed by atoms with Gasteiger partial charge in [-0.05, 0) is 56.3 Å². The van der Waals surface area contributed by atoms with Crippen molar-refractivity contribution in [3.05, 3.63) is 72.2 Å². The first-order valence-electron chi connectivity index (χ1n) is 11.4. The van der Waals surface area contributed by atoms with E-state index in [1.807, 2.05) is 49.7 Å². The normalized spacial score (nSPS) is 12.2. The highest BCUT2D eigenvalue weighted by Crippen LogP contribution is 2.33. The molecule has 0 fully saturated rings. The van der Waals surface area contributed by atoms with Gasteiger partial charge in [-0.2, -0.15) is 5.10 Å². The monoisotopic (exact) mass is 487 g/mol. The first-order valence-corrected chi connectivity index (χ1v) is 11.4. The smallest absolute Gasteiger partial charge is 0.159 e. The van der Waals surface area contributed by atoms with Crippen LogP contribution < -0.4 is 10.1 Å². The topological polar surface area (TPSA) is 91.9 Å². The largest absolute Gasteiger partial charge is 0.494 e. The van der Waals surface area contributed by atoms with E-state index in [2.05, 4.69) is 15.4 Å². The minimum Gasteiger partial charge on any atom is -0.494 e. The molecule has 10 heteroatoms. The number of benzene rings is 2. The molecule has 0 aliphatic carbocycles. The van der Waals surface area contributed by atoms with E-state index in [1.165, 1.54) is 12.1 Å². The van der Waals surface area contributed by atoms with Crippen LogP contribution in [0, 0.1) is 12.7 Å². The minimum atomic E-state index is -0.295. The first kappa shape index (κ1) is 23.4. The number of rotatable bonds is 7. The lowest BCUT2D eigenvalue weighted by Gasteiger charge is -2.14. The number of ether oxygens (including phenoxy) is 2. The van der Waals surface area contributed by atoms with Crippen molar-refractivity contribution in [2.24, 2.45) is 7.05 Å². The molecule has 0 radical (unpaired) electrons. The van der Waals surface area contributed by atoms with Crippen molar-refractivity contribution in [3.63, 3.8) is 0 Å². The van der Waals surface area contributed by atoms with Gasteiger partial charge in [-0.3, -0.25) is 0 Å². The summed E-state index contributed by atoms with van der Waals surface area (Å²) >= 11 is 0. The Balaban J connectivity index is 1.61. The van der Waals surface area contributed by atoms with Crippen molar-refractivity contribution in [1.29, 1.82) is 0 Å². The number of hydrogen-bond donors (Lipinski definition) is 1. The molecule has 2 aromatic carbocycles. The molecule has 9 nitrogen and oxygen atoms in total. The van der Waals surface area contributed by atoms with Gasteiger partial charge in [0, 0.05) is 31.5 Å². The van der Waals surface area contributed by atoms with E-state index in [9.17, 15) is 4.39 Å². The van der Waals surface area contributed by atoms with Gasteiger partial charge in [0.05, 0.1) is 24.4 Å². The van der Waals surface area contributed by atoms with Crippen molar-refractivity contribution in [2.75, 3.05) is 19.5 Å². The van der Waals surface area contributed by atoms with Crippen LogP contribution in [0.15, 0.2) is 54.9 Å². The molecule has 0 saturated heterocycles. The summed E-state index contributed by atoms with van der Waals surface area (Å²) in [6.07, 6.45) is 1.41. The molecular formula is C26H26FN7O2. The molecule has 5 rings (SSSR count). The van der Waals surface area contributed by atoms with Gasteiger partial charge in [0.2, 0.25) is 0 Å². The predicted octanol–water partition coefficient (Wildman–Crippen LogP) is 5.12. The second-order valence-corrected chi connectivity index (χ2v) is 8.39. The first-order chi connectivity index (χ1) is 17.4. The summed E-state index contributed by atoms with van der Waals surface area (Å²) in [4.78, 5) is 13.9. The highest BCUT2D eigenvalue weighted by atomic mass is 19.1. The Kier molecular flexibility index (Phi) is 6.11. The summed E-state index contributed by atoms with van der Waals surface area (Å²) in [5.74, 6) is 2.27. The standard InChI is InChI=1S/C26H26FN7O2/c1-15(35-4)20-13-22-24(31-26(33(22)3)17-6-8-18(27)9-7-17)25(30-20)29-19-10-11-21(23(12-19)36-5)34-14-28-16(2)32-34/h6-15H,1-5H3,(H,29,30). The number of fused-ring (bicyclic) bond motifs is 1. The third-order valence-electron chi connectivity index (χ3n) is 6.06. The maximum atomic E-state index is 13.5. The average Bonchev–Trinajstić information content (AvgIpc) is 3.47. The number of imidazole rings is 1. The average molecular weight is 488 g/mol. The molecule has 0 amide bonds. The van der Waals surface area contributed by atoms with Gasteiger partial charge < -0.3 is 19.4 Å². The van der Waals surface area contributed by atoms with Crippen LogP contribution in [0.5, 0.6) is 5.75 Å². The van der Waals surface area contributed by atoms with Crippen molar-refractivity contribution in [2.45, 2.75) is 20.0 Å². The molecule has 1 unspecified atom stereocenters. The molecule has 1 atom stereocenters. The fourth-order valence-electron chi connectivity index (χ4n) is 4.02. The zero-order chi connectivity index (χ0) is 25.4. The minimum absolute atomic E-state index is 0.230. The SMILES string of the molecule is COc1cc(Nc2nc(C(C)OC)cc3c2nc(-c2ccc(F)cc2)n3C)ccc1-n1cnc(C)n1. The molecule has 1 N–H and O–H groups in total. The van der Waals surface area contributed by atoms with Gasteiger partial charge in [0.15, 0.2) is 5.82 Å². The number of halogens is 1. The van der Waals surface area contributed by atoms with Crippen molar-refractivity contribution < 1.29 is 13.9 Å². The highest BCUT2D eigenvalue weighted by molar-refractivity contribution is 5.91. The number of aromatic nitrogens is 6. The molecule has 3 aromatic heterocycles. The fraction of sp³-hybridized carbons (Fsp3) is 0.231. The number of methoxy groups -OCH3 is 2. The maximum Gasteiger partial charge on any atom is 0.159 e.